The maximum Gasteiger partial charge on any atom is 0.314 e. The Hall–Kier alpha value is -2.75. The molecular formula is C21H24N2O2. The van der Waals surface area contributed by atoms with Gasteiger partial charge in [-0.1, -0.05) is 61.9 Å². The predicted molar refractivity (Wildman–Crippen MR) is 101 cm³/mol. The lowest BCUT2D eigenvalue weighted by molar-refractivity contribution is -0.125. The van der Waals surface area contributed by atoms with Gasteiger partial charge in [0.25, 0.3) is 5.78 Å². The summed E-state index contributed by atoms with van der Waals surface area (Å²) in [6.45, 7) is 5.99. The van der Waals surface area contributed by atoms with Crippen molar-refractivity contribution in [2.75, 3.05) is 7.05 Å². The molecule has 0 aliphatic rings. The number of rotatable bonds is 6. The Morgan fingerprint density at radius 2 is 1.60 bits per heavy atom. The first kappa shape index (κ1) is 18.6. The number of nitrogens with zero attached hydrogens (tertiary/aromatic N) is 2. The highest BCUT2D eigenvalue weighted by Gasteiger charge is 2.25. The van der Waals surface area contributed by atoms with E-state index in [4.69, 9.17) is 0 Å². The van der Waals surface area contributed by atoms with Crippen molar-refractivity contribution < 1.29 is 9.59 Å². The molecular weight excluding hydrogens is 312 g/mol. The second-order valence-electron chi connectivity index (χ2n) is 5.98. The van der Waals surface area contributed by atoms with Crippen LogP contribution in [0.1, 0.15) is 46.5 Å². The van der Waals surface area contributed by atoms with E-state index in [0.717, 1.165) is 27.3 Å². The Morgan fingerprint density at radius 3 is 2.12 bits per heavy atom. The largest absolute Gasteiger partial charge is 0.314 e. The van der Waals surface area contributed by atoms with E-state index < -0.39 is 11.7 Å². The van der Waals surface area contributed by atoms with Gasteiger partial charge in [0, 0.05) is 12.6 Å². The van der Waals surface area contributed by atoms with Gasteiger partial charge in [-0.2, -0.15) is 5.10 Å². The zero-order valence-corrected chi connectivity index (χ0v) is 15.2. The maximum absolute atomic E-state index is 12.8. The second kappa shape index (κ2) is 8.38. The van der Waals surface area contributed by atoms with Crippen LogP contribution in [0.2, 0.25) is 0 Å². The summed E-state index contributed by atoms with van der Waals surface area (Å²) >= 11 is 0. The van der Waals surface area contributed by atoms with Gasteiger partial charge in [0.05, 0.1) is 6.21 Å². The van der Waals surface area contributed by atoms with Gasteiger partial charge < -0.3 is 0 Å². The highest BCUT2D eigenvalue weighted by molar-refractivity contribution is 6.43. The first-order chi connectivity index (χ1) is 12.0. The molecule has 0 heterocycles. The van der Waals surface area contributed by atoms with E-state index in [-0.39, 0.29) is 0 Å². The van der Waals surface area contributed by atoms with Crippen molar-refractivity contribution in [2.45, 2.75) is 33.6 Å². The Balaban J connectivity index is 2.28. The number of hydrogen-bond donors (Lipinski definition) is 0. The normalized spacial score (nSPS) is 10.9. The second-order valence-corrected chi connectivity index (χ2v) is 5.98. The molecule has 25 heavy (non-hydrogen) atoms. The highest BCUT2D eigenvalue weighted by atomic mass is 16.2. The molecule has 0 bridgehead atoms. The van der Waals surface area contributed by atoms with Crippen molar-refractivity contribution in [2.24, 2.45) is 5.10 Å². The fraction of sp³-hybridized carbons (Fsp3) is 0.286. The molecule has 2 rings (SSSR count). The van der Waals surface area contributed by atoms with Crippen LogP contribution in [0.5, 0.6) is 0 Å². The van der Waals surface area contributed by atoms with Crippen LogP contribution >= 0.6 is 0 Å². The Bertz CT molecular complexity index is 770. The lowest BCUT2D eigenvalue weighted by Crippen LogP contribution is -2.31. The zero-order valence-electron chi connectivity index (χ0n) is 15.2. The summed E-state index contributed by atoms with van der Waals surface area (Å²) in [6, 6.07) is 13.4. The van der Waals surface area contributed by atoms with Gasteiger partial charge in [-0.05, 0) is 36.5 Å². The monoisotopic (exact) mass is 336 g/mol. The van der Waals surface area contributed by atoms with E-state index in [1.165, 1.54) is 7.05 Å². The molecule has 0 aliphatic carbocycles. The molecule has 0 saturated heterocycles. The molecule has 0 aromatic heterocycles. The first-order valence-electron chi connectivity index (χ1n) is 8.51. The number of aryl methyl sites for hydroxylation is 3. The minimum absolute atomic E-state index is 0.499. The van der Waals surface area contributed by atoms with Crippen molar-refractivity contribution in [3.63, 3.8) is 0 Å². The number of ketones is 1. The number of likely N-dealkylation sites (N-methyl/N-ethyl adjacent to an activating group) is 1. The van der Waals surface area contributed by atoms with Gasteiger partial charge in [-0.15, -0.1) is 0 Å². The van der Waals surface area contributed by atoms with Gasteiger partial charge in [0.1, 0.15) is 0 Å². The van der Waals surface area contributed by atoms with Gasteiger partial charge in [-0.25, -0.2) is 5.01 Å². The van der Waals surface area contributed by atoms with Gasteiger partial charge >= 0.3 is 5.91 Å². The third kappa shape index (κ3) is 4.41. The van der Waals surface area contributed by atoms with Crippen LogP contribution in [0.4, 0.5) is 0 Å². The molecule has 130 valence electrons. The van der Waals surface area contributed by atoms with Crippen molar-refractivity contribution in [1.29, 1.82) is 0 Å². The average molecular weight is 336 g/mol. The Morgan fingerprint density at radius 1 is 1.04 bits per heavy atom. The highest BCUT2D eigenvalue weighted by Crippen LogP contribution is 2.20. The Labute approximate surface area is 149 Å². The maximum atomic E-state index is 12.8. The lowest BCUT2D eigenvalue weighted by atomic mass is 9.92. The van der Waals surface area contributed by atoms with Crippen LogP contribution < -0.4 is 0 Å². The van der Waals surface area contributed by atoms with Crippen molar-refractivity contribution >= 4 is 17.9 Å². The van der Waals surface area contributed by atoms with E-state index in [0.29, 0.717) is 18.4 Å². The topological polar surface area (TPSA) is 49.7 Å². The van der Waals surface area contributed by atoms with E-state index in [9.17, 15) is 9.59 Å². The number of hydrazone groups is 1. The SMILES string of the molecule is CCc1cc(C)cc(CC)c1C(=O)C(=O)N(C)N=Cc1ccccc1. The predicted octanol–water partition coefficient (Wildman–Crippen LogP) is 3.80. The van der Waals surface area contributed by atoms with E-state index in [1.807, 2.05) is 63.2 Å². The minimum Gasteiger partial charge on any atom is -0.283 e. The lowest BCUT2D eigenvalue weighted by Gasteiger charge is -2.15. The third-order valence-corrected chi connectivity index (χ3v) is 4.10. The average Bonchev–Trinajstić information content (AvgIpc) is 2.64. The van der Waals surface area contributed by atoms with Crippen molar-refractivity contribution in [3.8, 4) is 0 Å². The van der Waals surface area contributed by atoms with Crippen LogP contribution in [0.25, 0.3) is 0 Å². The molecule has 0 N–H and O–H groups in total. The van der Waals surface area contributed by atoms with Crippen molar-refractivity contribution in [1.82, 2.24) is 5.01 Å². The Kier molecular flexibility index (Phi) is 6.23. The summed E-state index contributed by atoms with van der Waals surface area (Å²) in [5.74, 6) is -1.12. The molecule has 2 aromatic carbocycles. The molecule has 0 spiro atoms. The summed E-state index contributed by atoms with van der Waals surface area (Å²) in [4.78, 5) is 25.4. The fourth-order valence-corrected chi connectivity index (χ4v) is 2.79. The molecule has 0 unspecified atom stereocenters. The van der Waals surface area contributed by atoms with Crippen LogP contribution in [0.3, 0.4) is 0 Å². The standard InChI is InChI=1S/C21H24N2O2/c1-5-17-12-15(3)13-18(6-2)19(17)20(24)21(25)23(4)22-14-16-10-8-7-9-11-16/h7-14H,5-6H2,1-4H3. The molecule has 0 aliphatic heterocycles. The van der Waals surface area contributed by atoms with Gasteiger partial charge in [0.15, 0.2) is 0 Å². The smallest absolute Gasteiger partial charge is 0.283 e. The van der Waals surface area contributed by atoms with Crippen LogP contribution in [-0.2, 0) is 17.6 Å². The summed E-state index contributed by atoms with van der Waals surface area (Å²) in [5, 5.41) is 5.21. The molecule has 0 radical (unpaired) electrons. The summed E-state index contributed by atoms with van der Waals surface area (Å²) in [7, 11) is 1.51. The van der Waals surface area contributed by atoms with Crippen LogP contribution in [-0.4, -0.2) is 30.0 Å². The minimum atomic E-state index is -0.625. The molecule has 0 saturated carbocycles. The van der Waals surface area contributed by atoms with Gasteiger partial charge in [-0.3, -0.25) is 9.59 Å². The molecule has 0 fully saturated rings. The molecule has 0 atom stereocenters. The first-order valence-corrected chi connectivity index (χ1v) is 8.51. The number of carbonyl (C=O) groups excluding carboxylic acids is 2. The molecule has 4 heteroatoms. The fourth-order valence-electron chi connectivity index (χ4n) is 2.79. The van der Waals surface area contributed by atoms with Crippen LogP contribution in [0.15, 0.2) is 47.6 Å². The van der Waals surface area contributed by atoms with E-state index in [2.05, 4.69) is 5.10 Å². The number of Topliss-reactive ketones (excluding diaryl/α,β-unsaturated/α-hetero) is 1. The summed E-state index contributed by atoms with van der Waals surface area (Å²) in [5.41, 5.74) is 4.33. The summed E-state index contributed by atoms with van der Waals surface area (Å²) in [6.07, 6.45) is 2.99. The zero-order chi connectivity index (χ0) is 18.4. The quantitative estimate of drug-likeness (QED) is 0.349. The number of amides is 1. The van der Waals surface area contributed by atoms with E-state index in [1.54, 1.807) is 6.21 Å². The molecule has 4 nitrogen and oxygen atoms in total. The number of benzene rings is 2. The molecule has 2 aromatic rings. The van der Waals surface area contributed by atoms with Crippen LogP contribution in [0, 0.1) is 6.92 Å². The molecule has 1 amide bonds. The third-order valence-electron chi connectivity index (χ3n) is 4.10. The number of hydrogen-bond acceptors (Lipinski definition) is 3. The van der Waals surface area contributed by atoms with E-state index >= 15 is 0 Å². The number of carbonyl (C=O) groups is 2. The van der Waals surface area contributed by atoms with Crippen molar-refractivity contribution in [3.05, 3.63) is 70.3 Å². The van der Waals surface area contributed by atoms with Gasteiger partial charge in [0.2, 0.25) is 0 Å². The summed E-state index contributed by atoms with van der Waals surface area (Å²) < 4.78 is 0.